The van der Waals surface area contributed by atoms with E-state index in [2.05, 4.69) is 20.7 Å². The fraction of sp³-hybridized carbons (Fsp3) is 0.625. The topological polar surface area (TPSA) is 119 Å². The molecule has 2 atom stereocenters. The predicted molar refractivity (Wildman–Crippen MR) is 53.0 cm³/mol. The highest BCUT2D eigenvalue weighted by Gasteiger charge is 2.35. The van der Waals surface area contributed by atoms with Crippen molar-refractivity contribution in [1.29, 1.82) is 0 Å². The van der Waals surface area contributed by atoms with Crippen LogP contribution in [0.5, 0.6) is 0 Å². The van der Waals surface area contributed by atoms with Crippen molar-refractivity contribution in [3.05, 3.63) is 0 Å². The predicted octanol–water partition coefficient (Wildman–Crippen LogP) is -1.22. The van der Waals surface area contributed by atoms with Gasteiger partial charge in [0.25, 0.3) is 11.9 Å². The number of carboxylic acid groups (broad SMARTS) is 1. The average molecular weight is 241 g/mol. The summed E-state index contributed by atoms with van der Waals surface area (Å²) in [7, 11) is 1.56. The van der Waals surface area contributed by atoms with Gasteiger partial charge in [0, 0.05) is 0 Å². The Kier molecular flexibility index (Phi) is 3.00. The van der Waals surface area contributed by atoms with Crippen molar-refractivity contribution in [2.24, 2.45) is 7.05 Å². The molecule has 0 saturated carbocycles. The normalized spacial score (nSPS) is 23.6. The van der Waals surface area contributed by atoms with E-state index in [1.54, 1.807) is 7.05 Å². The standard InChI is InChI=1S/C8H11N5O4/c1-13-11-8(10-12-13)9-6(14)4-2-3-5(17-4)7(15)16/h4-5H,2-3H2,1H3,(H,15,16)(H,9,11,14)/t4-,5+/m0/s1. The molecule has 1 saturated heterocycles. The number of carbonyl (C=O) groups excluding carboxylic acids is 1. The minimum absolute atomic E-state index is 0.0693. The van der Waals surface area contributed by atoms with Gasteiger partial charge in [-0.2, -0.15) is 4.80 Å². The molecular weight excluding hydrogens is 230 g/mol. The number of amides is 1. The monoisotopic (exact) mass is 241 g/mol. The number of carbonyl (C=O) groups is 2. The Morgan fingerprint density at radius 2 is 2.18 bits per heavy atom. The van der Waals surface area contributed by atoms with Crippen molar-refractivity contribution in [2.45, 2.75) is 25.0 Å². The fourth-order valence-corrected chi connectivity index (χ4v) is 1.54. The second-order valence-electron chi connectivity index (χ2n) is 3.62. The molecule has 9 heteroatoms. The molecular formula is C8H11N5O4. The zero-order valence-electron chi connectivity index (χ0n) is 9.03. The third-order valence-corrected chi connectivity index (χ3v) is 2.33. The maximum absolute atomic E-state index is 11.6. The van der Waals surface area contributed by atoms with E-state index in [-0.39, 0.29) is 5.95 Å². The molecule has 1 aromatic heterocycles. The summed E-state index contributed by atoms with van der Waals surface area (Å²) >= 11 is 0. The van der Waals surface area contributed by atoms with E-state index < -0.39 is 24.1 Å². The quantitative estimate of drug-likeness (QED) is 0.680. The van der Waals surface area contributed by atoms with Crippen LogP contribution in [-0.4, -0.2) is 49.4 Å². The number of aromatic nitrogens is 4. The molecule has 1 aliphatic rings. The van der Waals surface area contributed by atoms with E-state index in [0.29, 0.717) is 12.8 Å². The first-order valence-corrected chi connectivity index (χ1v) is 4.99. The third-order valence-electron chi connectivity index (χ3n) is 2.33. The van der Waals surface area contributed by atoms with Crippen molar-refractivity contribution in [1.82, 2.24) is 20.2 Å². The van der Waals surface area contributed by atoms with Crippen molar-refractivity contribution < 1.29 is 19.4 Å². The lowest BCUT2D eigenvalue weighted by Gasteiger charge is -2.09. The smallest absolute Gasteiger partial charge is 0.332 e. The zero-order valence-corrected chi connectivity index (χ0v) is 9.03. The van der Waals surface area contributed by atoms with Gasteiger partial charge in [-0.1, -0.05) is 5.10 Å². The first-order valence-electron chi connectivity index (χ1n) is 4.99. The Hall–Kier alpha value is -2.03. The summed E-state index contributed by atoms with van der Waals surface area (Å²) in [6, 6.07) is 0. The highest BCUT2D eigenvalue weighted by Crippen LogP contribution is 2.20. The second kappa shape index (κ2) is 4.45. The summed E-state index contributed by atoms with van der Waals surface area (Å²) in [4.78, 5) is 23.5. The number of nitrogens with one attached hydrogen (secondary N) is 1. The van der Waals surface area contributed by atoms with Crippen LogP contribution in [0.1, 0.15) is 12.8 Å². The van der Waals surface area contributed by atoms with Gasteiger partial charge in [-0.05, 0) is 18.1 Å². The first-order chi connectivity index (χ1) is 8.06. The van der Waals surface area contributed by atoms with Gasteiger partial charge in [-0.15, -0.1) is 5.10 Å². The van der Waals surface area contributed by atoms with E-state index in [1.807, 2.05) is 0 Å². The molecule has 2 rings (SSSR count). The molecule has 0 radical (unpaired) electrons. The largest absolute Gasteiger partial charge is 0.479 e. The van der Waals surface area contributed by atoms with Crippen LogP contribution in [0.25, 0.3) is 0 Å². The van der Waals surface area contributed by atoms with Crippen LogP contribution in [0.15, 0.2) is 0 Å². The number of hydrogen-bond acceptors (Lipinski definition) is 6. The Labute approximate surface area is 95.7 Å². The summed E-state index contributed by atoms with van der Waals surface area (Å²) < 4.78 is 5.07. The lowest BCUT2D eigenvalue weighted by atomic mass is 10.2. The number of carboxylic acids is 1. The lowest BCUT2D eigenvalue weighted by Crippen LogP contribution is -2.30. The molecule has 2 N–H and O–H groups in total. The molecule has 2 heterocycles. The minimum atomic E-state index is -1.06. The van der Waals surface area contributed by atoms with Crippen LogP contribution in [0.3, 0.4) is 0 Å². The van der Waals surface area contributed by atoms with Crippen molar-refractivity contribution in [3.63, 3.8) is 0 Å². The summed E-state index contributed by atoms with van der Waals surface area (Å²) in [6.45, 7) is 0. The minimum Gasteiger partial charge on any atom is -0.479 e. The number of hydrogen-bond donors (Lipinski definition) is 2. The second-order valence-corrected chi connectivity index (χ2v) is 3.62. The maximum Gasteiger partial charge on any atom is 0.332 e. The highest BCUT2D eigenvalue weighted by molar-refractivity contribution is 5.93. The van der Waals surface area contributed by atoms with Gasteiger partial charge in [0.2, 0.25) is 0 Å². The molecule has 9 nitrogen and oxygen atoms in total. The maximum atomic E-state index is 11.6. The van der Waals surface area contributed by atoms with Gasteiger partial charge in [0.05, 0.1) is 7.05 Å². The Morgan fingerprint density at radius 1 is 1.47 bits per heavy atom. The summed E-state index contributed by atoms with van der Waals surface area (Å²) in [5.41, 5.74) is 0. The first kappa shape index (κ1) is 11.5. The molecule has 1 aliphatic heterocycles. The zero-order chi connectivity index (χ0) is 12.4. The van der Waals surface area contributed by atoms with Crippen molar-refractivity contribution >= 4 is 17.8 Å². The van der Waals surface area contributed by atoms with E-state index >= 15 is 0 Å². The van der Waals surface area contributed by atoms with Crippen LogP contribution in [0.2, 0.25) is 0 Å². The van der Waals surface area contributed by atoms with E-state index in [0.717, 1.165) is 0 Å². The summed E-state index contributed by atoms with van der Waals surface area (Å²) in [5.74, 6) is -1.44. The van der Waals surface area contributed by atoms with Gasteiger partial charge < -0.3 is 9.84 Å². The molecule has 0 bridgehead atoms. The van der Waals surface area contributed by atoms with Crippen LogP contribution in [-0.2, 0) is 21.4 Å². The lowest BCUT2D eigenvalue weighted by molar-refractivity contribution is -0.150. The SMILES string of the molecule is Cn1nnc(NC(=O)[C@@H]2CC[C@H](C(=O)O)O2)n1. The molecule has 17 heavy (non-hydrogen) atoms. The van der Waals surface area contributed by atoms with Crippen LogP contribution in [0, 0.1) is 0 Å². The summed E-state index contributed by atoms with van der Waals surface area (Å²) in [5, 5.41) is 22.0. The Morgan fingerprint density at radius 3 is 2.71 bits per heavy atom. The van der Waals surface area contributed by atoms with Crippen molar-refractivity contribution in [3.8, 4) is 0 Å². The van der Waals surface area contributed by atoms with Crippen LogP contribution >= 0.6 is 0 Å². The number of tetrazole rings is 1. The Balaban J connectivity index is 1.91. The Bertz CT molecular complexity index is 445. The molecule has 92 valence electrons. The van der Waals surface area contributed by atoms with Gasteiger partial charge in [-0.25, -0.2) is 4.79 Å². The number of rotatable bonds is 3. The van der Waals surface area contributed by atoms with Gasteiger partial charge in [0.1, 0.15) is 6.10 Å². The van der Waals surface area contributed by atoms with Gasteiger partial charge in [-0.3, -0.25) is 10.1 Å². The van der Waals surface area contributed by atoms with Crippen LogP contribution in [0.4, 0.5) is 5.95 Å². The molecule has 0 aromatic carbocycles. The third kappa shape index (κ3) is 2.56. The number of ether oxygens (including phenoxy) is 1. The average Bonchev–Trinajstić information content (AvgIpc) is 2.86. The molecule has 1 aromatic rings. The fourth-order valence-electron chi connectivity index (χ4n) is 1.54. The van der Waals surface area contributed by atoms with Crippen LogP contribution < -0.4 is 5.32 Å². The molecule has 0 unspecified atom stereocenters. The number of aliphatic carboxylic acids is 1. The van der Waals surface area contributed by atoms with E-state index in [4.69, 9.17) is 9.84 Å². The van der Waals surface area contributed by atoms with Gasteiger partial charge >= 0.3 is 5.97 Å². The van der Waals surface area contributed by atoms with Crippen molar-refractivity contribution in [2.75, 3.05) is 5.32 Å². The number of nitrogens with zero attached hydrogens (tertiary/aromatic N) is 4. The van der Waals surface area contributed by atoms with E-state index in [1.165, 1.54) is 4.80 Å². The summed E-state index contributed by atoms with van der Waals surface area (Å²) in [6.07, 6.45) is -1.01. The number of aryl methyl sites for hydroxylation is 1. The molecule has 1 amide bonds. The molecule has 0 spiro atoms. The molecule has 0 aliphatic carbocycles. The highest BCUT2D eigenvalue weighted by atomic mass is 16.5. The van der Waals surface area contributed by atoms with Gasteiger partial charge in [0.15, 0.2) is 6.10 Å². The number of anilines is 1. The molecule has 1 fully saturated rings. The van der Waals surface area contributed by atoms with E-state index in [9.17, 15) is 9.59 Å².